The fourth-order valence-corrected chi connectivity index (χ4v) is 8.61. The first-order chi connectivity index (χ1) is 32.0. The maximum atomic E-state index is 13.0. The highest BCUT2D eigenvalue weighted by Crippen LogP contribution is 2.27. The summed E-state index contributed by atoms with van der Waals surface area (Å²) < 4.78 is 33.6. The second-order valence-corrected chi connectivity index (χ2v) is 18.9. The third kappa shape index (κ3) is 27.0. The van der Waals surface area contributed by atoms with Crippen LogP contribution in [-0.4, -0.2) is 142 Å². The number of carbonyl (C=O) groups is 2. The molecule has 0 saturated carbocycles. The minimum atomic E-state index is -1.76. The molecule has 0 aliphatic carbocycles. The molecule has 0 aromatic carbocycles. The lowest BCUT2D eigenvalue weighted by Gasteiger charge is -2.42. The number of aliphatic hydroxyl groups is 7. The molecule has 0 bridgehead atoms. The molecule has 0 radical (unpaired) electrons. The van der Waals surface area contributed by atoms with Crippen LogP contribution >= 0.6 is 0 Å². The van der Waals surface area contributed by atoms with Gasteiger partial charge in [0, 0.05) is 12.8 Å². The zero-order valence-electron chi connectivity index (χ0n) is 41.1. The molecule has 2 fully saturated rings. The Morgan fingerprint density at radius 1 is 0.485 bits per heavy atom. The summed E-state index contributed by atoms with van der Waals surface area (Å²) in [5.41, 5.74) is 0. The molecular formula is C51H95O15-. The van der Waals surface area contributed by atoms with E-state index in [2.05, 4.69) is 20.3 Å². The van der Waals surface area contributed by atoms with Gasteiger partial charge in [-0.2, -0.15) is 13.3 Å². The third-order valence-electron chi connectivity index (χ3n) is 13.0. The van der Waals surface area contributed by atoms with Crippen LogP contribution in [0.3, 0.4) is 0 Å². The predicted molar refractivity (Wildman–Crippen MR) is 252 cm³/mol. The van der Waals surface area contributed by atoms with Crippen molar-refractivity contribution in [1.29, 1.82) is 0 Å². The van der Waals surface area contributed by atoms with Crippen LogP contribution in [-0.2, 0) is 38.0 Å². The maximum Gasteiger partial charge on any atom is 0.306 e. The Morgan fingerprint density at radius 3 is 1.33 bits per heavy atom. The monoisotopic (exact) mass is 948 g/mol. The first-order valence-corrected chi connectivity index (χ1v) is 26.4. The number of hydrogen-bond acceptors (Lipinski definition) is 15. The molecule has 2 saturated heterocycles. The molecular weight excluding hydrogens is 853 g/mol. The number of hydrogen-bond donors (Lipinski definition) is 7. The van der Waals surface area contributed by atoms with Crippen LogP contribution in [0, 0.1) is 6.42 Å². The predicted octanol–water partition coefficient (Wildman–Crippen LogP) is 7.42. The lowest BCUT2D eigenvalue weighted by Crippen LogP contribution is -2.61. The molecule has 0 spiro atoms. The summed E-state index contributed by atoms with van der Waals surface area (Å²) >= 11 is 0. The van der Waals surface area contributed by atoms with Gasteiger partial charge in [0.25, 0.3) is 0 Å². The van der Waals surface area contributed by atoms with Crippen LogP contribution in [0.4, 0.5) is 0 Å². The number of carbonyl (C=O) groups excluding carboxylic acids is 2. The van der Waals surface area contributed by atoms with Crippen LogP contribution in [0.1, 0.15) is 213 Å². The summed E-state index contributed by atoms with van der Waals surface area (Å²) in [6.07, 6.45) is 20.5. The van der Waals surface area contributed by atoms with Crippen molar-refractivity contribution < 1.29 is 73.8 Å². The van der Waals surface area contributed by atoms with Gasteiger partial charge in [0.2, 0.25) is 0 Å². The van der Waals surface area contributed by atoms with Crippen molar-refractivity contribution in [1.82, 2.24) is 0 Å². The lowest BCUT2D eigenvalue weighted by atomic mass is 9.98. The van der Waals surface area contributed by atoms with Crippen LogP contribution in [0.15, 0.2) is 0 Å². The van der Waals surface area contributed by atoms with Gasteiger partial charge >= 0.3 is 11.9 Å². The molecule has 7 N–H and O–H groups in total. The molecule has 2 rings (SSSR count). The van der Waals surface area contributed by atoms with Crippen molar-refractivity contribution in [2.24, 2.45) is 0 Å². The SMILES string of the molecule is C[CH-]CCCCCCCCCCCCCCCC(=O)OC[C@H](CO[C@@H]1O[C@H](CO[C@H]2O[C@H](CO)[C@H](O)[C@H](O)[C@H]2O)[C@H](O)[C@H](O)[C@H]1O)OC(=O)CCCCCCCCCCCCCCCCC. The number of esters is 2. The first kappa shape index (κ1) is 60.6. The summed E-state index contributed by atoms with van der Waals surface area (Å²) in [6.45, 7) is 2.50. The Hall–Kier alpha value is -1.50. The van der Waals surface area contributed by atoms with E-state index in [4.69, 9.17) is 28.4 Å². The minimum Gasteiger partial charge on any atom is -0.462 e. The van der Waals surface area contributed by atoms with E-state index in [-0.39, 0.29) is 26.1 Å². The fourth-order valence-electron chi connectivity index (χ4n) is 8.61. The normalized spacial score (nSPS) is 26.1. The molecule has 15 heteroatoms. The van der Waals surface area contributed by atoms with E-state index in [1.54, 1.807) is 0 Å². The Balaban J connectivity index is 1.79. The van der Waals surface area contributed by atoms with Crippen molar-refractivity contribution in [3.63, 3.8) is 0 Å². The molecule has 66 heavy (non-hydrogen) atoms. The third-order valence-corrected chi connectivity index (χ3v) is 13.0. The van der Waals surface area contributed by atoms with E-state index in [9.17, 15) is 45.3 Å². The summed E-state index contributed by atoms with van der Waals surface area (Å²) in [4.78, 5) is 25.8. The molecule has 2 heterocycles. The standard InChI is InChI=1S/C51H95O15/c1-3-5-7-9-11-13-15-17-19-21-23-25-27-29-31-33-42(53)61-36-39(64-43(54)34-32-30-28-26-24-22-20-18-16-14-12-10-8-6-4-2)37-62-50-49(60)47(58)45(56)41(66-50)38-63-51-48(59)46(57)44(55)40(35-52)65-51/h3,39-41,44-52,55-60H,4-38H2,1-2H3/q-1/t39-,40-,41-,44+,45+,46+,47+,48-,49-,50-,51+/m1/s1. The van der Waals surface area contributed by atoms with Gasteiger partial charge in [0.05, 0.1) is 19.8 Å². The van der Waals surface area contributed by atoms with Gasteiger partial charge in [0.1, 0.15) is 55.4 Å². The smallest absolute Gasteiger partial charge is 0.306 e. The second-order valence-electron chi connectivity index (χ2n) is 18.9. The highest BCUT2D eigenvalue weighted by molar-refractivity contribution is 5.70. The molecule has 0 amide bonds. The molecule has 0 aromatic rings. The van der Waals surface area contributed by atoms with E-state index in [0.29, 0.717) is 12.8 Å². The average molecular weight is 948 g/mol. The van der Waals surface area contributed by atoms with Crippen molar-refractivity contribution >= 4 is 11.9 Å². The number of rotatable bonds is 42. The average Bonchev–Trinajstić information content (AvgIpc) is 3.31. The topological polar surface area (TPSA) is 231 Å². The highest BCUT2D eigenvalue weighted by atomic mass is 16.7. The summed E-state index contributed by atoms with van der Waals surface area (Å²) in [5.74, 6) is -0.911. The van der Waals surface area contributed by atoms with Crippen LogP contribution in [0.25, 0.3) is 0 Å². The molecule has 0 aromatic heterocycles. The van der Waals surface area contributed by atoms with Crippen molar-refractivity contribution in [3.8, 4) is 0 Å². The van der Waals surface area contributed by atoms with Crippen molar-refractivity contribution in [2.75, 3.05) is 26.4 Å². The number of ether oxygens (including phenoxy) is 6. The van der Waals surface area contributed by atoms with Gasteiger partial charge in [-0.25, -0.2) is 0 Å². The Kier molecular flexibility index (Phi) is 36.0. The van der Waals surface area contributed by atoms with Crippen LogP contribution in [0.2, 0.25) is 0 Å². The maximum absolute atomic E-state index is 13.0. The van der Waals surface area contributed by atoms with Crippen molar-refractivity contribution in [2.45, 2.75) is 280 Å². The van der Waals surface area contributed by atoms with E-state index in [1.807, 2.05) is 0 Å². The summed E-state index contributed by atoms with van der Waals surface area (Å²) in [6, 6.07) is 0. The Labute approximate surface area is 398 Å². The fraction of sp³-hybridized carbons (Fsp3) is 0.941. The number of aliphatic hydroxyl groups excluding tert-OH is 7. The van der Waals surface area contributed by atoms with Gasteiger partial charge in [0.15, 0.2) is 18.7 Å². The minimum absolute atomic E-state index is 0.172. The van der Waals surface area contributed by atoms with Gasteiger partial charge in [-0.3, -0.25) is 9.59 Å². The van der Waals surface area contributed by atoms with Gasteiger partial charge in [-0.15, -0.1) is 0 Å². The zero-order chi connectivity index (χ0) is 48.2. The molecule has 2 aliphatic heterocycles. The molecule has 390 valence electrons. The molecule has 0 unspecified atom stereocenters. The molecule has 15 nitrogen and oxygen atoms in total. The second kappa shape index (κ2) is 39.2. The lowest BCUT2D eigenvalue weighted by molar-refractivity contribution is -0.332. The Bertz CT molecular complexity index is 1160. The highest BCUT2D eigenvalue weighted by Gasteiger charge is 2.47. The Morgan fingerprint density at radius 2 is 0.879 bits per heavy atom. The zero-order valence-corrected chi connectivity index (χ0v) is 41.1. The molecule has 11 atom stereocenters. The van der Waals surface area contributed by atoms with Gasteiger partial charge < -0.3 is 70.6 Å². The first-order valence-electron chi connectivity index (χ1n) is 26.4. The van der Waals surface area contributed by atoms with E-state index >= 15 is 0 Å². The van der Waals surface area contributed by atoms with Crippen LogP contribution < -0.4 is 0 Å². The molecule has 2 aliphatic rings. The number of unbranched alkanes of at least 4 members (excludes halogenated alkanes) is 28. The summed E-state index contributed by atoms with van der Waals surface area (Å²) in [7, 11) is 0. The van der Waals surface area contributed by atoms with Crippen molar-refractivity contribution in [3.05, 3.63) is 6.42 Å². The van der Waals surface area contributed by atoms with Gasteiger partial charge in [-0.05, 0) is 12.8 Å². The largest absolute Gasteiger partial charge is 0.462 e. The quantitative estimate of drug-likeness (QED) is 0.0179. The summed E-state index contributed by atoms with van der Waals surface area (Å²) in [5, 5.41) is 72.1. The van der Waals surface area contributed by atoms with E-state index in [0.717, 1.165) is 38.5 Å². The van der Waals surface area contributed by atoms with E-state index < -0.39 is 92.7 Å². The van der Waals surface area contributed by atoms with Crippen LogP contribution in [0.5, 0.6) is 0 Å². The van der Waals surface area contributed by atoms with Gasteiger partial charge in [-0.1, -0.05) is 174 Å². The van der Waals surface area contributed by atoms with E-state index in [1.165, 1.54) is 135 Å².